The van der Waals surface area contributed by atoms with E-state index >= 15 is 0 Å². The maximum absolute atomic E-state index is 6.58. The average Bonchev–Trinajstić information content (AvgIpc) is 3.53. The summed E-state index contributed by atoms with van der Waals surface area (Å²) in [6.45, 7) is 10.0. The molecule has 3 heterocycles. The summed E-state index contributed by atoms with van der Waals surface area (Å²) in [5.74, 6) is 1.90. The molecule has 49 heavy (non-hydrogen) atoms. The van der Waals surface area contributed by atoms with Gasteiger partial charge in [-0.3, -0.25) is 0 Å². The number of fused-ring (bicyclic) bond motifs is 5. The van der Waals surface area contributed by atoms with E-state index in [4.69, 9.17) is 19.4 Å². The standard InChI is InChI=1S/C43H35N3OSi2/c1-48(2)36-20-11-12-21-37(36)49(3,4)39-27-30(23-25-38(39)48)32-18-13-19-34-40(32)33-24-22-31(26-35(33)47-34)43-45-41(28-14-7-5-8-15-28)44-42(46-43)29-16-9-6-10-17-29/h5-27H,1-4H3. The number of hydrogen-bond acceptors (Lipinski definition) is 4. The molecular formula is C43H35N3OSi2. The quantitative estimate of drug-likeness (QED) is 0.177. The van der Waals surface area contributed by atoms with Crippen LogP contribution in [-0.2, 0) is 0 Å². The van der Waals surface area contributed by atoms with Crippen molar-refractivity contribution in [3.05, 3.63) is 140 Å². The van der Waals surface area contributed by atoms with E-state index in [1.165, 1.54) is 11.1 Å². The van der Waals surface area contributed by atoms with Gasteiger partial charge in [0, 0.05) is 27.5 Å². The van der Waals surface area contributed by atoms with Crippen LogP contribution in [-0.4, -0.2) is 31.1 Å². The number of furan rings is 1. The lowest BCUT2D eigenvalue weighted by Crippen LogP contribution is -2.77. The van der Waals surface area contributed by atoms with E-state index in [0.717, 1.165) is 38.6 Å². The van der Waals surface area contributed by atoms with Gasteiger partial charge in [-0.05, 0) is 29.3 Å². The van der Waals surface area contributed by atoms with Crippen molar-refractivity contribution < 1.29 is 4.42 Å². The van der Waals surface area contributed by atoms with Gasteiger partial charge in [0.05, 0.1) is 0 Å². The summed E-state index contributed by atoms with van der Waals surface area (Å²) in [7, 11) is -3.72. The van der Waals surface area contributed by atoms with Crippen molar-refractivity contribution in [2.24, 2.45) is 0 Å². The van der Waals surface area contributed by atoms with Crippen LogP contribution in [0.1, 0.15) is 0 Å². The zero-order valence-corrected chi connectivity index (χ0v) is 30.0. The second kappa shape index (κ2) is 11.1. The molecule has 2 aromatic heterocycles. The van der Waals surface area contributed by atoms with Gasteiger partial charge in [0.1, 0.15) is 27.3 Å². The Bertz CT molecular complexity index is 2500. The van der Waals surface area contributed by atoms with Gasteiger partial charge in [0.2, 0.25) is 0 Å². The van der Waals surface area contributed by atoms with Gasteiger partial charge in [-0.15, -0.1) is 0 Å². The van der Waals surface area contributed by atoms with Gasteiger partial charge in [-0.2, -0.15) is 0 Å². The first-order valence-electron chi connectivity index (χ1n) is 16.9. The minimum Gasteiger partial charge on any atom is -0.456 e. The van der Waals surface area contributed by atoms with E-state index < -0.39 is 16.1 Å². The molecule has 0 amide bonds. The minimum atomic E-state index is -1.90. The molecule has 6 heteroatoms. The van der Waals surface area contributed by atoms with Crippen LogP contribution in [0.4, 0.5) is 0 Å². The summed E-state index contributed by atoms with van der Waals surface area (Å²) in [6.07, 6.45) is 0. The third-order valence-electron chi connectivity index (χ3n) is 10.4. The van der Waals surface area contributed by atoms with E-state index in [0.29, 0.717) is 17.5 Å². The molecule has 6 aromatic carbocycles. The molecule has 0 atom stereocenters. The van der Waals surface area contributed by atoms with E-state index in [2.05, 4.69) is 105 Å². The first-order valence-corrected chi connectivity index (χ1v) is 22.9. The molecule has 0 saturated heterocycles. The lowest BCUT2D eigenvalue weighted by atomic mass is 9.99. The van der Waals surface area contributed by atoms with Gasteiger partial charge < -0.3 is 4.42 Å². The molecule has 0 spiro atoms. The highest BCUT2D eigenvalue weighted by Gasteiger charge is 2.43. The van der Waals surface area contributed by atoms with Gasteiger partial charge in [-0.1, -0.05) is 168 Å². The van der Waals surface area contributed by atoms with Gasteiger partial charge in [0.15, 0.2) is 17.5 Å². The highest BCUT2D eigenvalue weighted by Crippen LogP contribution is 2.38. The molecule has 9 rings (SSSR count). The lowest BCUT2D eigenvalue weighted by Gasteiger charge is -2.42. The molecule has 0 aliphatic carbocycles. The Morgan fingerprint density at radius 2 is 0.939 bits per heavy atom. The summed E-state index contributed by atoms with van der Waals surface area (Å²) in [5.41, 5.74) is 6.93. The third kappa shape index (κ3) is 4.74. The number of nitrogens with zero attached hydrogens (tertiary/aromatic N) is 3. The molecule has 0 N–H and O–H groups in total. The SMILES string of the molecule is C[Si]1(C)c2ccccc2[Si](C)(C)c2cc(-c3cccc4oc5cc(-c6nc(-c7ccccc7)nc(-c7ccccc7)n6)ccc5c34)ccc21. The summed E-state index contributed by atoms with van der Waals surface area (Å²) in [6, 6.07) is 49.5. The zero-order chi connectivity index (χ0) is 33.3. The van der Waals surface area contributed by atoms with E-state index in [9.17, 15) is 0 Å². The maximum Gasteiger partial charge on any atom is 0.164 e. The van der Waals surface area contributed by atoms with Crippen LogP contribution in [0.15, 0.2) is 144 Å². The van der Waals surface area contributed by atoms with Crippen molar-refractivity contribution >= 4 is 58.8 Å². The molecule has 8 aromatic rings. The third-order valence-corrected chi connectivity index (χ3v) is 18.0. The summed E-state index contributed by atoms with van der Waals surface area (Å²) >= 11 is 0. The molecule has 0 fully saturated rings. The topological polar surface area (TPSA) is 51.8 Å². The van der Waals surface area contributed by atoms with Crippen LogP contribution >= 0.6 is 0 Å². The highest BCUT2D eigenvalue weighted by atomic mass is 28.3. The Balaban J connectivity index is 1.18. The molecule has 4 nitrogen and oxygen atoms in total. The fraction of sp³-hybridized carbons (Fsp3) is 0.0930. The Morgan fingerprint density at radius 3 is 1.57 bits per heavy atom. The first kappa shape index (κ1) is 29.7. The van der Waals surface area contributed by atoms with Gasteiger partial charge in [-0.25, -0.2) is 15.0 Å². The van der Waals surface area contributed by atoms with E-state index in [1.54, 1.807) is 20.7 Å². The summed E-state index contributed by atoms with van der Waals surface area (Å²) < 4.78 is 6.58. The Labute approximate surface area is 288 Å². The molecule has 236 valence electrons. The largest absolute Gasteiger partial charge is 0.456 e. The average molecular weight is 666 g/mol. The zero-order valence-electron chi connectivity index (χ0n) is 28.0. The molecule has 0 radical (unpaired) electrons. The fourth-order valence-corrected chi connectivity index (χ4v) is 17.2. The van der Waals surface area contributed by atoms with Crippen molar-refractivity contribution in [1.82, 2.24) is 15.0 Å². The lowest BCUT2D eigenvalue weighted by molar-refractivity contribution is 0.669. The van der Waals surface area contributed by atoms with Crippen LogP contribution in [0.25, 0.3) is 67.2 Å². The molecular weight excluding hydrogens is 631 g/mol. The summed E-state index contributed by atoms with van der Waals surface area (Å²) in [4.78, 5) is 14.8. The number of benzene rings is 6. The van der Waals surface area contributed by atoms with Gasteiger partial charge >= 0.3 is 0 Å². The van der Waals surface area contributed by atoms with Gasteiger partial charge in [0.25, 0.3) is 0 Å². The predicted octanol–water partition coefficient (Wildman–Crippen LogP) is 8.40. The second-order valence-corrected chi connectivity index (χ2v) is 22.7. The molecule has 0 unspecified atom stereocenters. The van der Waals surface area contributed by atoms with Crippen LogP contribution in [0, 0.1) is 0 Å². The molecule has 0 bridgehead atoms. The van der Waals surface area contributed by atoms with Crippen molar-refractivity contribution in [3.63, 3.8) is 0 Å². The van der Waals surface area contributed by atoms with Crippen LogP contribution < -0.4 is 20.7 Å². The fourth-order valence-electron chi connectivity index (χ4n) is 7.78. The summed E-state index contributed by atoms with van der Waals surface area (Å²) in [5, 5.41) is 8.59. The predicted molar refractivity (Wildman–Crippen MR) is 209 cm³/mol. The molecule has 1 aliphatic rings. The van der Waals surface area contributed by atoms with Crippen molar-refractivity contribution in [2.45, 2.75) is 26.2 Å². The first-order chi connectivity index (χ1) is 23.8. The van der Waals surface area contributed by atoms with Crippen LogP contribution in [0.5, 0.6) is 0 Å². The number of rotatable bonds is 4. The Morgan fingerprint density at radius 1 is 0.408 bits per heavy atom. The molecule has 0 saturated carbocycles. The monoisotopic (exact) mass is 665 g/mol. The smallest absolute Gasteiger partial charge is 0.164 e. The minimum absolute atomic E-state index is 0.615. The van der Waals surface area contributed by atoms with E-state index in [1.807, 2.05) is 60.7 Å². The maximum atomic E-state index is 6.58. The highest BCUT2D eigenvalue weighted by molar-refractivity contribution is 7.16. The van der Waals surface area contributed by atoms with Crippen molar-refractivity contribution in [1.29, 1.82) is 0 Å². The Hall–Kier alpha value is -5.44. The van der Waals surface area contributed by atoms with Crippen molar-refractivity contribution in [2.75, 3.05) is 0 Å². The van der Waals surface area contributed by atoms with Crippen LogP contribution in [0.3, 0.4) is 0 Å². The second-order valence-electron chi connectivity index (χ2n) is 14.1. The van der Waals surface area contributed by atoms with Crippen LogP contribution in [0.2, 0.25) is 26.2 Å². The van der Waals surface area contributed by atoms with E-state index in [-0.39, 0.29) is 0 Å². The normalized spacial score (nSPS) is 14.4. The molecule has 1 aliphatic heterocycles. The Kier molecular flexibility index (Phi) is 6.70. The number of hydrogen-bond donors (Lipinski definition) is 0. The van der Waals surface area contributed by atoms with Crippen molar-refractivity contribution in [3.8, 4) is 45.3 Å². The number of aromatic nitrogens is 3.